The Balaban J connectivity index is 1.71. The number of nitrogens with zero attached hydrogens (tertiary/aromatic N) is 2. The molecule has 0 aliphatic carbocycles. The minimum absolute atomic E-state index is 0.317. The van der Waals surface area contributed by atoms with Crippen molar-refractivity contribution in [1.82, 2.24) is 0 Å². The maximum absolute atomic E-state index is 13.8. The minimum atomic E-state index is -0.321. The van der Waals surface area contributed by atoms with E-state index in [0.29, 0.717) is 28.5 Å². The van der Waals surface area contributed by atoms with Crippen molar-refractivity contribution in [3.05, 3.63) is 99.7 Å². The highest BCUT2D eigenvalue weighted by Crippen LogP contribution is 2.41. The van der Waals surface area contributed by atoms with Gasteiger partial charge in [-0.05, 0) is 55.2 Å². The molecule has 2 amide bonds. The third-order valence-electron chi connectivity index (χ3n) is 5.97. The summed E-state index contributed by atoms with van der Waals surface area (Å²) in [4.78, 5) is 30.8. The quantitative estimate of drug-likeness (QED) is 0.531. The zero-order valence-corrected chi connectivity index (χ0v) is 18.1. The molecule has 0 bridgehead atoms. The highest BCUT2D eigenvalue weighted by atomic mass is 35.5. The van der Waals surface area contributed by atoms with Crippen LogP contribution >= 0.6 is 11.6 Å². The number of amides is 2. The van der Waals surface area contributed by atoms with E-state index in [1.807, 2.05) is 67.3 Å². The molecule has 5 heteroatoms. The average Bonchev–Trinajstić information content (AvgIpc) is 3.29. The van der Waals surface area contributed by atoms with Crippen LogP contribution in [0.1, 0.15) is 22.3 Å². The second-order valence-corrected chi connectivity index (χ2v) is 8.43. The van der Waals surface area contributed by atoms with Crippen molar-refractivity contribution in [2.24, 2.45) is 0 Å². The lowest BCUT2D eigenvalue weighted by Crippen LogP contribution is -2.35. The number of hydrogen-bond acceptors (Lipinski definition) is 3. The summed E-state index contributed by atoms with van der Waals surface area (Å²) in [6, 6.07) is 21.0. The largest absolute Gasteiger partial charge is 0.336 e. The molecule has 0 aromatic heterocycles. The average molecular weight is 429 g/mol. The fourth-order valence-corrected chi connectivity index (χ4v) is 4.53. The van der Waals surface area contributed by atoms with Crippen molar-refractivity contribution < 1.29 is 9.59 Å². The molecule has 5 rings (SSSR count). The molecule has 0 unspecified atom stereocenters. The Hall–Kier alpha value is -3.37. The van der Waals surface area contributed by atoms with E-state index in [9.17, 15) is 9.59 Å². The Kier molecular flexibility index (Phi) is 4.67. The summed E-state index contributed by atoms with van der Waals surface area (Å²) in [6.07, 6.45) is 0.832. The molecule has 0 saturated heterocycles. The lowest BCUT2D eigenvalue weighted by atomic mass is 10.0. The number of para-hydroxylation sites is 1. The first-order chi connectivity index (χ1) is 15.0. The van der Waals surface area contributed by atoms with E-state index < -0.39 is 0 Å². The number of imide groups is 1. The fraction of sp³-hybridized carbons (Fsp3) is 0.154. The van der Waals surface area contributed by atoms with E-state index in [4.69, 9.17) is 11.6 Å². The second kappa shape index (κ2) is 7.40. The van der Waals surface area contributed by atoms with E-state index in [2.05, 4.69) is 6.07 Å². The third-order valence-corrected chi connectivity index (χ3v) is 6.20. The van der Waals surface area contributed by atoms with E-state index in [1.165, 1.54) is 10.5 Å². The second-order valence-electron chi connectivity index (χ2n) is 8.00. The molecule has 2 heterocycles. The molecule has 2 aliphatic heterocycles. The topological polar surface area (TPSA) is 40.6 Å². The summed E-state index contributed by atoms with van der Waals surface area (Å²) in [5, 5.41) is 0.484. The van der Waals surface area contributed by atoms with Gasteiger partial charge in [0, 0.05) is 17.3 Å². The van der Waals surface area contributed by atoms with E-state index in [0.717, 1.165) is 28.8 Å². The molecule has 2 aliphatic rings. The first kappa shape index (κ1) is 19.6. The molecule has 3 aromatic carbocycles. The van der Waals surface area contributed by atoms with Crippen LogP contribution in [0.5, 0.6) is 0 Å². The van der Waals surface area contributed by atoms with Crippen LogP contribution in [-0.4, -0.2) is 18.4 Å². The van der Waals surface area contributed by atoms with E-state index >= 15 is 0 Å². The van der Waals surface area contributed by atoms with Crippen molar-refractivity contribution >= 4 is 40.4 Å². The fourth-order valence-electron chi connectivity index (χ4n) is 4.36. The summed E-state index contributed by atoms with van der Waals surface area (Å²) in [7, 11) is 0. The monoisotopic (exact) mass is 428 g/mol. The predicted octanol–water partition coefficient (Wildman–Crippen LogP) is 5.30. The zero-order chi connectivity index (χ0) is 21.7. The number of aryl methyl sites for hydroxylation is 2. The number of anilines is 2. The Morgan fingerprint density at radius 1 is 0.839 bits per heavy atom. The standard InChI is InChI=1S/C26H21ClN2O2/c1-16-7-10-19(11-8-16)23-24(28-14-13-18-5-3-4-6-21(18)28)26(31)29(25(23)30)22-15-20(27)12-9-17(22)2/h3-12,15H,13-14H2,1-2H3. The normalized spacial score (nSPS) is 15.8. The van der Waals surface area contributed by atoms with Crippen LogP contribution in [0.25, 0.3) is 5.57 Å². The first-order valence-electron chi connectivity index (χ1n) is 10.3. The summed E-state index contributed by atoms with van der Waals surface area (Å²) in [5.41, 5.74) is 6.19. The maximum atomic E-state index is 13.8. The first-order valence-corrected chi connectivity index (χ1v) is 10.6. The van der Waals surface area contributed by atoms with E-state index in [-0.39, 0.29) is 11.8 Å². The number of rotatable bonds is 3. The SMILES string of the molecule is Cc1ccc(C2=C(N3CCc4ccccc43)C(=O)N(c3cc(Cl)ccc3C)C2=O)cc1. The van der Waals surface area contributed by atoms with Crippen molar-refractivity contribution in [3.63, 3.8) is 0 Å². The van der Waals surface area contributed by atoms with Crippen LogP contribution in [0.2, 0.25) is 5.02 Å². The predicted molar refractivity (Wildman–Crippen MR) is 124 cm³/mol. The van der Waals surface area contributed by atoms with Crippen molar-refractivity contribution in [2.75, 3.05) is 16.3 Å². The Labute approximate surface area is 186 Å². The van der Waals surface area contributed by atoms with Crippen LogP contribution in [0.3, 0.4) is 0 Å². The van der Waals surface area contributed by atoms with Gasteiger partial charge in [-0.3, -0.25) is 9.59 Å². The number of carbonyl (C=O) groups is 2. The molecule has 0 radical (unpaired) electrons. The number of halogens is 1. The summed E-state index contributed by atoms with van der Waals surface area (Å²) in [6.45, 7) is 4.53. The number of hydrogen-bond donors (Lipinski definition) is 0. The van der Waals surface area contributed by atoms with Gasteiger partial charge in [0.05, 0.1) is 11.3 Å². The third kappa shape index (κ3) is 3.15. The van der Waals surface area contributed by atoms with Gasteiger partial charge in [-0.2, -0.15) is 0 Å². The van der Waals surface area contributed by atoms with Crippen molar-refractivity contribution in [1.29, 1.82) is 0 Å². The zero-order valence-electron chi connectivity index (χ0n) is 17.4. The maximum Gasteiger partial charge on any atom is 0.282 e. The highest BCUT2D eigenvalue weighted by Gasteiger charge is 2.44. The van der Waals surface area contributed by atoms with Crippen LogP contribution in [0.15, 0.2) is 72.4 Å². The molecule has 0 saturated carbocycles. The van der Waals surface area contributed by atoms with Crippen LogP contribution < -0.4 is 9.80 Å². The molecule has 31 heavy (non-hydrogen) atoms. The van der Waals surface area contributed by atoms with Gasteiger partial charge in [0.1, 0.15) is 5.70 Å². The molecule has 4 nitrogen and oxygen atoms in total. The highest BCUT2D eigenvalue weighted by molar-refractivity contribution is 6.46. The van der Waals surface area contributed by atoms with E-state index in [1.54, 1.807) is 12.1 Å². The van der Waals surface area contributed by atoms with Gasteiger partial charge < -0.3 is 4.90 Å². The molecule has 0 N–H and O–H groups in total. The Bertz CT molecular complexity index is 1260. The summed E-state index contributed by atoms with van der Waals surface area (Å²) in [5.74, 6) is -0.638. The van der Waals surface area contributed by atoms with Gasteiger partial charge in [-0.15, -0.1) is 0 Å². The van der Waals surface area contributed by atoms with Gasteiger partial charge in [0.25, 0.3) is 11.8 Å². The number of benzene rings is 3. The Morgan fingerprint density at radius 3 is 2.35 bits per heavy atom. The van der Waals surface area contributed by atoms with Gasteiger partial charge in [-0.1, -0.05) is 65.7 Å². The smallest absolute Gasteiger partial charge is 0.282 e. The van der Waals surface area contributed by atoms with Crippen molar-refractivity contribution in [3.8, 4) is 0 Å². The number of carbonyl (C=O) groups excluding carboxylic acids is 2. The minimum Gasteiger partial charge on any atom is -0.336 e. The molecule has 0 atom stereocenters. The molecule has 0 spiro atoms. The molecule has 0 fully saturated rings. The molecular formula is C26H21ClN2O2. The summed E-state index contributed by atoms with van der Waals surface area (Å²) >= 11 is 6.22. The Morgan fingerprint density at radius 2 is 1.58 bits per heavy atom. The molecule has 3 aromatic rings. The van der Waals surface area contributed by atoms with Crippen LogP contribution in [0.4, 0.5) is 11.4 Å². The lowest BCUT2D eigenvalue weighted by Gasteiger charge is -2.22. The van der Waals surface area contributed by atoms with Gasteiger partial charge >= 0.3 is 0 Å². The van der Waals surface area contributed by atoms with Crippen LogP contribution in [0, 0.1) is 13.8 Å². The number of fused-ring (bicyclic) bond motifs is 1. The van der Waals surface area contributed by atoms with Gasteiger partial charge in [-0.25, -0.2) is 4.90 Å². The molecule has 154 valence electrons. The van der Waals surface area contributed by atoms with Gasteiger partial charge in [0.15, 0.2) is 0 Å². The lowest BCUT2D eigenvalue weighted by molar-refractivity contribution is -0.120. The summed E-state index contributed by atoms with van der Waals surface area (Å²) < 4.78 is 0. The van der Waals surface area contributed by atoms with Crippen molar-refractivity contribution in [2.45, 2.75) is 20.3 Å². The molecular weight excluding hydrogens is 408 g/mol. The van der Waals surface area contributed by atoms with Crippen LogP contribution in [-0.2, 0) is 16.0 Å². The van der Waals surface area contributed by atoms with Gasteiger partial charge in [0.2, 0.25) is 0 Å².